The van der Waals surface area contributed by atoms with Gasteiger partial charge in [0, 0.05) is 11.1 Å². The molecule has 0 radical (unpaired) electrons. The van der Waals surface area contributed by atoms with E-state index in [9.17, 15) is 0 Å². The van der Waals surface area contributed by atoms with Crippen molar-refractivity contribution in [2.24, 2.45) is 0 Å². The van der Waals surface area contributed by atoms with E-state index in [1.165, 1.54) is 10.9 Å². The van der Waals surface area contributed by atoms with Crippen molar-refractivity contribution in [3.8, 4) is 0 Å². The van der Waals surface area contributed by atoms with Crippen molar-refractivity contribution in [1.82, 2.24) is 4.98 Å². The van der Waals surface area contributed by atoms with E-state index in [-0.39, 0.29) is 0 Å². The highest BCUT2D eigenvalue weighted by molar-refractivity contribution is 5.81. The molecule has 0 N–H and O–H groups in total. The number of aryl methyl sites for hydroxylation is 1. The third-order valence-corrected chi connectivity index (χ3v) is 2.49. The van der Waals surface area contributed by atoms with E-state index in [0.717, 1.165) is 17.6 Å². The van der Waals surface area contributed by atoms with E-state index < -0.39 is 0 Å². The first kappa shape index (κ1) is 9.91. The lowest BCUT2D eigenvalue weighted by molar-refractivity contribution is 1.06. The molecule has 1 heteroatoms. The van der Waals surface area contributed by atoms with E-state index in [1.807, 2.05) is 6.92 Å². The summed E-state index contributed by atoms with van der Waals surface area (Å²) >= 11 is 0. The van der Waals surface area contributed by atoms with Crippen molar-refractivity contribution in [3.63, 3.8) is 0 Å². The van der Waals surface area contributed by atoms with E-state index in [2.05, 4.69) is 54.4 Å². The van der Waals surface area contributed by atoms with Crippen molar-refractivity contribution < 1.29 is 0 Å². The van der Waals surface area contributed by atoms with Crippen LogP contribution in [0.25, 0.3) is 17.0 Å². The fourth-order valence-electron chi connectivity index (χ4n) is 1.68. The summed E-state index contributed by atoms with van der Waals surface area (Å²) in [4.78, 5) is 4.57. The Bertz CT molecular complexity index is 498. The molecule has 0 atom stereocenters. The average Bonchev–Trinajstić information content (AvgIpc) is 2.29. The Morgan fingerprint density at radius 1 is 1.20 bits per heavy atom. The van der Waals surface area contributed by atoms with Crippen LogP contribution in [0.15, 0.2) is 36.4 Å². The number of nitrogens with zero attached hydrogens (tertiary/aromatic N) is 1. The van der Waals surface area contributed by atoms with Crippen molar-refractivity contribution in [1.29, 1.82) is 0 Å². The highest BCUT2D eigenvalue weighted by atomic mass is 14.7. The number of hydrogen-bond acceptors (Lipinski definition) is 1. The maximum atomic E-state index is 4.57. The standard InChI is InChI=1S/C14H15N/c1-3-5-11-6-9-14-12(10-11)7-8-13(4-2)15-14/h3,5-10H,4H2,1-2H3/b5-3+. The van der Waals surface area contributed by atoms with Gasteiger partial charge < -0.3 is 0 Å². The second-order valence-electron chi connectivity index (χ2n) is 3.61. The number of hydrogen-bond donors (Lipinski definition) is 0. The molecule has 1 nitrogen and oxygen atoms in total. The summed E-state index contributed by atoms with van der Waals surface area (Å²) in [5.74, 6) is 0. The topological polar surface area (TPSA) is 12.9 Å². The maximum absolute atomic E-state index is 4.57. The first-order valence-corrected chi connectivity index (χ1v) is 5.36. The van der Waals surface area contributed by atoms with E-state index in [1.54, 1.807) is 0 Å². The summed E-state index contributed by atoms with van der Waals surface area (Å²) in [6.45, 7) is 4.16. The zero-order chi connectivity index (χ0) is 10.7. The number of benzene rings is 1. The Morgan fingerprint density at radius 3 is 2.80 bits per heavy atom. The molecule has 0 aliphatic heterocycles. The zero-order valence-electron chi connectivity index (χ0n) is 9.20. The predicted octanol–water partition coefficient (Wildman–Crippen LogP) is 3.83. The maximum Gasteiger partial charge on any atom is 0.0705 e. The Morgan fingerprint density at radius 2 is 2.07 bits per heavy atom. The molecule has 0 saturated carbocycles. The number of aromatic nitrogens is 1. The minimum Gasteiger partial charge on any atom is -0.253 e. The van der Waals surface area contributed by atoms with Crippen LogP contribution in [-0.4, -0.2) is 4.98 Å². The van der Waals surface area contributed by atoms with Crippen LogP contribution in [0.4, 0.5) is 0 Å². The van der Waals surface area contributed by atoms with Gasteiger partial charge in [0.15, 0.2) is 0 Å². The largest absolute Gasteiger partial charge is 0.253 e. The molecular weight excluding hydrogens is 182 g/mol. The summed E-state index contributed by atoms with van der Waals surface area (Å²) in [6.07, 6.45) is 5.15. The zero-order valence-corrected chi connectivity index (χ0v) is 9.20. The minimum atomic E-state index is 0.993. The van der Waals surface area contributed by atoms with Gasteiger partial charge in [-0.05, 0) is 37.1 Å². The van der Waals surface area contributed by atoms with Gasteiger partial charge >= 0.3 is 0 Å². The fraction of sp³-hybridized carbons (Fsp3) is 0.214. The minimum absolute atomic E-state index is 0.993. The molecule has 2 rings (SSSR count). The van der Waals surface area contributed by atoms with Gasteiger partial charge in [-0.3, -0.25) is 4.98 Å². The molecule has 0 unspecified atom stereocenters. The van der Waals surface area contributed by atoms with Gasteiger partial charge in [-0.25, -0.2) is 0 Å². The van der Waals surface area contributed by atoms with E-state index in [0.29, 0.717) is 0 Å². The van der Waals surface area contributed by atoms with Gasteiger partial charge in [0.05, 0.1) is 5.52 Å². The van der Waals surface area contributed by atoms with Crippen LogP contribution in [0.3, 0.4) is 0 Å². The smallest absolute Gasteiger partial charge is 0.0705 e. The van der Waals surface area contributed by atoms with Crippen molar-refractivity contribution in [2.75, 3.05) is 0 Å². The lowest BCUT2D eigenvalue weighted by Crippen LogP contribution is -1.87. The highest BCUT2D eigenvalue weighted by Crippen LogP contribution is 2.16. The Balaban J connectivity index is 2.54. The Kier molecular flexibility index (Phi) is 2.82. The third-order valence-electron chi connectivity index (χ3n) is 2.49. The molecule has 1 aromatic heterocycles. The summed E-state index contributed by atoms with van der Waals surface area (Å²) in [5.41, 5.74) is 3.47. The van der Waals surface area contributed by atoms with Crippen LogP contribution in [0, 0.1) is 0 Å². The molecule has 0 aliphatic rings. The monoisotopic (exact) mass is 197 g/mol. The molecule has 0 aliphatic carbocycles. The van der Waals surface area contributed by atoms with Gasteiger partial charge in [0.2, 0.25) is 0 Å². The van der Waals surface area contributed by atoms with Crippen molar-refractivity contribution >= 4 is 17.0 Å². The summed E-state index contributed by atoms with van der Waals surface area (Å²) < 4.78 is 0. The molecule has 2 aromatic rings. The van der Waals surface area contributed by atoms with Gasteiger partial charge in [-0.1, -0.05) is 31.2 Å². The first-order valence-electron chi connectivity index (χ1n) is 5.36. The summed E-state index contributed by atoms with van der Waals surface area (Å²) in [5, 5.41) is 1.21. The molecule has 0 bridgehead atoms. The molecule has 0 amide bonds. The molecule has 1 heterocycles. The Labute approximate surface area is 90.5 Å². The average molecular weight is 197 g/mol. The van der Waals surface area contributed by atoms with Crippen LogP contribution in [0.5, 0.6) is 0 Å². The first-order chi connectivity index (χ1) is 7.33. The SMILES string of the molecule is C/C=C/c1ccc2nc(CC)ccc2c1. The van der Waals surface area contributed by atoms with Crippen LogP contribution >= 0.6 is 0 Å². The number of pyridine rings is 1. The predicted molar refractivity (Wildman–Crippen MR) is 65.8 cm³/mol. The Hall–Kier alpha value is -1.63. The van der Waals surface area contributed by atoms with Crippen molar-refractivity contribution in [3.05, 3.63) is 47.7 Å². The molecule has 0 fully saturated rings. The van der Waals surface area contributed by atoms with Gasteiger partial charge in [-0.2, -0.15) is 0 Å². The van der Waals surface area contributed by atoms with E-state index >= 15 is 0 Å². The number of allylic oxidation sites excluding steroid dienone is 1. The van der Waals surface area contributed by atoms with Crippen LogP contribution in [0.1, 0.15) is 25.1 Å². The van der Waals surface area contributed by atoms with Gasteiger partial charge in [-0.15, -0.1) is 0 Å². The molecule has 76 valence electrons. The summed E-state index contributed by atoms with van der Waals surface area (Å²) in [6, 6.07) is 10.6. The molecule has 0 saturated heterocycles. The fourth-order valence-corrected chi connectivity index (χ4v) is 1.68. The lowest BCUT2D eigenvalue weighted by Gasteiger charge is -2.01. The lowest BCUT2D eigenvalue weighted by atomic mass is 10.1. The second-order valence-corrected chi connectivity index (χ2v) is 3.61. The van der Waals surface area contributed by atoms with E-state index in [4.69, 9.17) is 0 Å². The second kappa shape index (κ2) is 4.26. The molecule has 0 spiro atoms. The third kappa shape index (κ3) is 2.07. The number of fused-ring (bicyclic) bond motifs is 1. The van der Waals surface area contributed by atoms with Gasteiger partial charge in [0.25, 0.3) is 0 Å². The van der Waals surface area contributed by atoms with Crippen LogP contribution in [0.2, 0.25) is 0 Å². The van der Waals surface area contributed by atoms with Crippen LogP contribution in [-0.2, 0) is 6.42 Å². The summed E-state index contributed by atoms with van der Waals surface area (Å²) in [7, 11) is 0. The molecular formula is C14H15N. The molecule has 15 heavy (non-hydrogen) atoms. The molecule has 1 aromatic carbocycles. The van der Waals surface area contributed by atoms with Gasteiger partial charge in [0.1, 0.15) is 0 Å². The normalized spacial score (nSPS) is 11.3. The highest BCUT2D eigenvalue weighted by Gasteiger charge is 1.97. The van der Waals surface area contributed by atoms with Crippen LogP contribution < -0.4 is 0 Å². The van der Waals surface area contributed by atoms with Crippen molar-refractivity contribution in [2.45, 2.75) is 20.3 Å². The quantitative estimate of drug-likeness (QED) is 0.713. The number of rotatable bonds is 2.